The number of benzene rings is 1. The molecule has 0 radical (unpaired) electrons. The lowest BCUT2D eigenvalue weighted by atomic mass is 9.96. The van der Waals surface area contributed by atoms with Crippen molar-refractivity contribution < 1.29 is 9.53 Å². The zero-order chi connectivity index (χ0) is 21.8. The number of hydrogen-bond acceptors (Lipinski definition) is 5. The maximum absolute atomic E-state index is 12.6. The van der Waals surface area contributed by atoms with Crippen molar-refractivity contribution in [3.63, 3.8) is 0 Å². The monoisotopic (exact) mass is 437 g/mol. The van der Waals surface area contributed by atoms with Gasteiger partial charge in [0, 0.05) is 11.4 Å². The number of pyridine rings is 1. The summed E-state index contributed by atoms with van der Waals surface area (Å²) in [7, 11) is 0. The van der Waals surface area contributed by atoms with Crippen molar-refractivity contribution in [1.82, 2.24) is 20.1 Å². The number of nitrogens with zero attached hydrogens (tertiary/aromatic N) is 3. The third-order valence-electron chi connectivity index (χ3n) is 5.56. The van der Waals surface area contributed by atoms with Gasteiger partial charge >= 0.3 is 5.97 Å². The molecule has 0 saturated heterocycles. The first kappa shape index (κ1) is 21.2. The minimum absolute atomic E-state index is 0.279. The molecule has 0 spiro atoms. The van der Waals surface area contributed by atoms with Gasteiger partial charge in [0.05, 0.1) is 18.3 Å². The zero-order valence-corrected chi connectivity index (χ0v) is 18.7. The van der Waals surface area contributed by atoms with Gasteiger partial charge in [0.1, 0.15) is 5.56 Å². The average molecular weight is 438 g/mol. The van der Waals surface area contributed by atoms with Gasteiger partial charge in [-0.25, -0.2) is 9.78 Å². The Labute approximate surface area is 187 Å². The van der Waals surface area contributed by atoms with E-state index in [9.17, 15) is 4.79 Å². The van der Waals surface area contributed by atoms with E-state index in [1.807, 2.05) is 37.3 Å². The van der Waals surface area contributed by atoms with E-state index in [1.54, 1.807) is 11.6 Å². The maximum atomic E-state index is 12.6. The summed E-state index contributed by atoms with van der Waals surface area (Å²) in [5.74, 6) is 0.609. The maximum Gasteiger partial charge on any atom is 0.343 e. The summed E-state index contributed by atoms with van der Waals surface area (Å²) in [6.45, 7) is 4.09. The number of thiocarbonyl (C=S) groups is 1. The van der Waals surface area contributed by atoms with Gasteiger partial charge in [0.2, 0.25) is 0 Å². The fourth-order valence-corrected chi connectivity index (χ4v) is 4.28. The molecule has 2 N–H and O–H groups in total. The third-order valence-corrected chi connectivity index (χ3v) is 5.78. The van der Waals surface area contributed by atoms with Gasteiger partial charge < -0.3 is 15.4 Å². The molecule has 0 bridgehead atoms. The minimum Gasteiger partial charge on any atom is -0.462 e. The van der Waals surface area contributed by atoms with Crippen LogP contribution in [0.1, 0.15) is 54.9 Å². The van der Waals surface area contributed by atoms with Crippen molar-refractivity contribution in [2.45, 2.75) is 52.0 Å². The van der Waals surface area contributed by atoms with Crippen molar-refractivity contribution >= 4 is 40.0 Å². The lowest BCUT2D eigenvalue weighted by molar-refractivity contribution is 0.0527. The van der Waals surface area contributed by atoms with Crippen molar-refractivity contribution in [3.05, 3.63) is 47.7 Å². The molecular formula is C23H27N5O2S. The van der Waals surface area contributed by atoms with Crippen LogP contribution in [0.15, 0.2) is 36.5 Å². The molecular weight excluding hydrogens is 410 g/mol. The van der Waals surface area contributed by atoms with Crippen LogP contribution in [-0.2, 0) is 4.74 Å². The number of esters is 1. The number of carbonyl (C=O) groups excluding carboxylic acids is 1. The van der Waals surface area contributed by atoms with Gasteiger partial charge in [-0.3, -0.25) is 0 Å². The highest BCUT2D eigenvalue weighted by molar-refractivity contribution is 7.80. The van der Waals surface area contributed by atoms with E-state index >= 15 is 0 Å². The van der Waals surface area contributed by atoms with Crippen LogP contribution in [0.3, 0.4) is 0 Å². The number of carbonyl (C=O) groups is 1. The predicted molar refractivity (Wildman–Crippen MR) is 126 cm³/mol. The highest BCUT2D eigenvalue weighted by Gasteiger charge is 2.23. The number of rotatable bonds is 5. The molecule has 0 atom stereocenters. The number of para-hydroxylation sites is 1. The van der Waals surface area contributed by atoms with Gasteiger partial charge in [0.15, 0.2) is 16.7 Å². The number of aryl methyl sites for hydroxylation is 1. The predicted octanol–water partition coefficient (Wildman–Crippen LogP) is 4.52. The van der Waals surface area contributed by atoms with E-state index in [0.29, 0.717) is 28.4 Å². The van der Waals surface area contributed by atoms with Gasteiger partial charge in [-0.05, 0) is 56.6 Å². The number of nitrogens with one attached hydrogen (secondary N) is 2. The van der Waals surface area contributed by atoms with E-state index in [1.165, 1.54) is 25.5 Å². The van der Waals surface area contributed by atoms with Crippen LogP contribution < -0.4 is 10.6 Å². The summed E-state index contributed by atoms with van der Waals surface area (Å²) in [5, 5.41) is 12.6. The first-order chi connectivity index (χ1) is 15.1. The molecule has 0 unspecified atom stereocenters. The number of hydrogen-bond donors (Lipinski definition) is 2. The van der Waals surface area contributed by atoms with E-state index in [4.69, 9.17) is 21.9 Å². The third kappa shape index (κ3) is 4.69. The fraction of sp³-hybridized carbons (Fsp3) is 0.391. The van der Waals surface area contributed by atoms with Crippen molar-refractivity contribution in [1.29, 1.82) is 0 Å². The first-order valence-electron chi connectivity index (χ1n) is 10.8. The van der Waals surface area contributed by atoms with Crippen molar-refractivity contribution in [2.24, 2.45) is 0 Å². The number of aromatic nitrogens is 3. The van der Waals surface area contributed by atoms with E-state index in [-0.39, 0.29) is 6.61 Å². The second-order valence-corrected chi connectivity index (χ2v) is 8.20. The van der Waals surface area contributed by atoms with Gasteiger partial charge in [-0.1, -0.05) is 37.5 Å². The Bertz CT molecular complexity index is 1100. The molecule has 2 aromatic heterocycles. The van der Waals surface area contributed by atoms with E-state index in [2.05, 4.69) is 15.7 Å². The second-order valence-electron chi connectivity index (χ2n) is 7.79. The van der Waals surface area contributed by atoms with Crippen LogP contribution in [0.5, 0.6) is 0 Å². The van der Waals surface area contributed by atoms with Crippen LogP contribution in [0.25, 0.3) is 16.7 Å². The smallest absolute Gasteiger partial charge is 0.343 e. The summed E-state index contributed by atoms with van der Waals surface area (Å²) in [6, 6.07) is 10.2. The van der Waals surface area contributed by atoms with Crippen LogP contribution >= 0.6 is 12.2 Å². The molecule has 8 heteroatoms. The summed E-state index contributed by atoms with van der Waals surface area (Å²) in [4.78, 5) is 17.3. The van der Waals surface area contributed by atoms with Crippen LogP contribution in [-0.4, -0.2) is 38.5 Å². The van der Waals surface area contributed by atoms with Crippen LogP contribution in [0.2, 0.25) is 0 Å². The van der Waals surface area contributed by atoms with Gasteiger partial charge in [-0.2, -0.15) is 9.78 Å². The van der Waals surface area contributed by atoms with E-state index < -0.39 is 5.97 Å². The number of anilines is 1. The van der Waals surface area contributed by atoms with Gasteiger partial charge in [0.25, 0.3) is 0 Å². The van der Waals surface area contributed by atoms with Crippen molar-refractivity contribution in [3.8, 4) is 5.82 Å². The molecule has 1 fully saturated rings. The molecule has 4 rings (SSSR count). The quantitative estimate of drug-likeness (QED) is 0.448. The molecule has 3 aromatic rings. The number of fused-ring (bicyclic) bond motifs is 1. The largest absolute Gasteiger partial charge is 0.462 e. The Hall–Kier alpha value is -3.00. The average Bonchev–Trinajstić information content (AvgIpc) is 3.18. The lowest BCUT2D eigenvalue weighted by Crippen LogP contribution is -2.39. The van der Waals surface area contributed by atoms with E-state index in [0.717, 1.165) is 29.3 Å². The Morgan fingerprint density at radius 3 is 2.81 bits per heavy atom. The Morgan fingerprint density at radius 1 is 1.26 bits per heavy atom. The summed E-state index contributed by atoms with van der Waals surface area (Å²) in [5.41, 5.74) is 2.25. The van der Waals surface area contributed by atoms with Gasteiger partial charge in [-0.15, -0.1) is 0 Å². The SMILES string of the molecule is CCOC(=O)c1cnn(-c2cc(C)c3ccccc3n2)c1NC(=S)NC1CCCCC1. The molecule has 162 valence electrons. The molecule has 0 aliphatic heterocycles. The Kier molecular flexibility index (Phi) is 6.46. The van der Waals surface area contributed by atoms with Crippen molar-refractivity contribution in [2.75, 3.05) is 11.9 Å². The molecule has 2 heterocycles. The molecule has 0 amide bonds. The zero-order valence-electron chi connectivity index (χ0n) is 17.9. The Morgan fingerprint density at radius 2 is 2.03 bits per heavy atom. The van der Waals surface area contributed by atoms with Crippen LogP contribution in [0, 0.1) is 6.92 Å². The topological polar surface area (TPSA) is 81.1 Å². The molecule has 1 aliphatic rings. The second kappa shape index (κ2) is 9.43. The standard InChI is InChI=1S/C23H27N5O2S/c1-3-30-22(29)18-14-24-28(20-13-15(2)17-11-7-8-12-19(17)26-20)21(18)27-23(31)25-16-9-5-4-6-10-16/h7-8,11-14,16H,3-6,9-10H2,1-2H3,(H2,25,27,31). The normalized spacial score (nSPS) is 14.4. The summed E-state index contributed by atoms with van der Waals surface area (Å²) in [6.07, 6.45) is 7.36. The molecule has 1 aromatic carbocycles. The summed E-state index contributed by atoms with van der Waals surface area (Å²) < 4.78 is 6.84. The molecule has 1 saturated carbocycles. The first-order valence-corrected chi connectivity index (χ1v) is 11.2. The highest BCUT2D eigenvalue weighted by atomic mass is 32.1. The Balaban J connectivity index is 1.69. The molecule has 31 heavy (non-hydrogen) atoms. The number of ether oxygens (including phenoxy) is 1. The minimum atomic E-state index is -0.450. The fourth-order valence-electron chi connectivity index (χ4n) is 4.02. The summed E-state index contributed by atoms with van der Waals surface area (Å²) >= 11 is 5.57. The molecule has 1 aliphatic carbocycles. The lowest BCUT2D eigenvalue weighted by Gasteiger charge is -2.24. The van der Waals surface area contributed by atoms with Crippen LogP contribution in [0.4, 0.5) is 5.82 Å². The molecule has 7 nitrogen and oxygen atoms in total. The highest BCUT2D eigenvalue weighted by Crippen LogP contribution is 2.25.